The van der Waals surface area contributed by atoms with E-state index in [2.05, 4.69) is 18.9 Å². The molecule has 0 fully saturated rings. The lowest BCUT2D eigenvalue weighted by Crippen LogP contribution is -2.36. The Morgan fingerprint density at radius 2 is 1.55 bits per heavy atom. The summed E-state index contributed by atoms with van der Waals surface area (Å²) in [5.41, 5.74) is -0.139. The fraction of sp³-hybridized carbons (Fsp3) is 0.435. The summed E-state index contributed by atoms with van der Waals surface area (Å²) in [4.78, 5) is 22.9. The maximum atomic E-state index is 13.5. The summed E-state index contributed by atoms with van der Waals surface area (Å²) in [6, 6.07) is 12.4. The van der Waals surface area contributed by atoms with E-state index < -0.39 is 24.7 Å². The number of ether oxygens (including phenoxy) is 1. The number of benzene rings is 2. The van der Waals surface area contributed by atoms with Crippen molar-refractivity contribution in [3.05, 3.63) is 64.7 Å². The van der Waals surface area contributed by atoms with Crippen molar-refractivity contribution < 1.29 is 28.1 Å². The Morgan fingerprint density at radius 1 is 1.00 bits per heavy atom. The van der Waals surface area contributed by atoms with Crippen LogP contribution in [0.25, 0.3) is 0 Å². The number of nitrogens with one attached hydrogen (secondary N) is 1. The summed E-state index contributed by atoms with van der Waals surface area (Å²) >= 11 is 0. The molecule has 180 valence electrons. The third-order valence-corrected chi connectivity index (χ3v) is 6.41. The number of hydrogen-bond acceptors (Lipinski definition) is 7. The zero-order valence-electron chi connectivity index (χ0n) is 19.1. The molecule has 2 aromatic rings. The van der Waals surface area contributed by atoms with Crippen molar-refractivity contribution in [2.24, 2.45) is 5.92 Å². The Morgan fingerprint density at radius 3 is 2.06 bits per heavy atom. The Kier molecular flexibility index (Phi) is 10.4. The van der Waals surface area contributed by atoms with Crippen molar-refractivity contribution in [2.75, 3.05) is 6.61 Å². The number of para-hydroxylation sites is 1. The number of nitro benzene ring substituents is 1. The van der Waals surface area contributed by atoms with Crippen LogP contribution in [-0.4, -0.2) is 23.5 Å². The maximum Gasteiger partial charge on any atom is 0.513 e. The Hall–Kier alpha value is -2.90. The van der Waals surface area contributed by atoms with Crippen LogP contribution in [0.15, 0.2) is 54.6 Å². The van der Waals surface area contributed by atoms with Gasteiger partial charge in [0.2, 0.25) is 0 Å². The van der Waals surface area contributed by atoms with Gasteiger partial charge in [0, 0.05) is 12.1 Å². The summed E-state index contributed by atoms with van der Waals surface area (Å²) in [5, 5.41) is 13.5. The quantitative estimate of drug-likeness (QED) is 0.154. The number of nitrogens with zero attached hydrogens (tertiary/aromatic N) is 1. The Bertz CT molecular complexity index is 932. The molecule has 33 heavy (non-hydrogen) atoms. The molecule has 10 heteroatoms. The first-order chi connectivity index (χ1) is 15.8. The average Bonchev–Trinajstić information content (AvgIpc) is 2.78. The third-order valence-electron chi connectivity index (χ3n) is 4.80. The fourth-order valence-electron chi connectivity index (χ4n) is 3.20. The fourth-order valence-corrected chi connectivity index (χ4v) is 4.72. The van der Waals surface area contributed by atoms with Crippen LogP contribution < -0.4 is 14.1 Å². The van der Waals surface area contributed by atoms with Crippen LogP contribution in [0.5, 0.6) is 11.5 Å². The molecule has 0 aliphatic heterocycles. The Labute approximate surface area is 194 Å². The molecule has 0 aliphatic rings. The van der Waals surface area contributed by atoms with Gasteiger partial charge in [-0.05, 0) is 49.9 Å². The minimum absolute atomic E-state index is 0.0823. The topological polar surface area (TPSA) is 117 Å². The van der Waals surface area contributed by atoms with Crippen LogP contribution in [0.2, 0.25) is 0 Å². The van der Waals surface area contributed by atoms with E-state index in [1.807, 2.05) is 0 Å². The highest BCUT2D eigenvalue weighted by Crippen LogP contribution is 2.45. The Balaban J connectivity index is 2.12. The van der Waals surface area contributed by atoms with E-state index in [0.717, 1.165) is 25.7 Å². The van der Waals surface area contributed by atoms with Crippen molar-refractivity contribution in [2.45, 2.75) is 52.5 Å². The van der Waals surface area contributed by atoms with Gasteiger partial charge in [-0.15, -0.1) is 0 Å². The summed E-state index contributed by atoms with van der Waals surface area (Å²) < 4.78 is 30.1. The van der Waals surface area contributed by atoms with Gasteiger partial charge in [0.15, 0.2) is 0 Å². The van der Waals surface area contributed by atoms with E-state index in [1.54, 1.807) is 30.3 Å². The van der Waals surface area contributed by atoms with Gasteiger partial charge in [-0.2, -0.15) is 5.09 Å². The van der Waals surface area contributed by atoms with Gasteiger partial charge in [0.05, 0.1) is 11.5 Å². The highest BCUT2D eigenvalue weighted by molar-refractivity contribution is 7.52. The predicted molar refractivity (Wildman–Crippen MR) is 125 cm³/mol. The van der Waals surface area contributed by atoms with Gasteiger partial charge in [-0.3, -0.25) is 14.9 Å². The molecular weight excluding hydrogens is 447 g/mol. The monoisotopic (exact) mass is 478 g/mol. The van der Waals surface area contributed by atoms with Gasteiger partial charge >= 0.3 is 13.7 Å². The zero-order chi connectivity index (χ0) is 24.3. The van der Waals surface area contributed by atoms with Gasteiger partial charge in [0.1, 0.15) is 17.5 Å². The second-order valence-electron chi connectivity index (χ2n) is 7.67. The second-order valence-corrected chi connectivity index (χ2v) is 9.29. The summed E-state index contributed by atoms with van der Waals surface area (Å²) in [6.45, 7) is 5.97. The van der Waals surface area contributed by atoms with Crippen molar-refractivity contribution in [1.29, 1.82) is 0 Å². The third kappa shape index (κ3) is 8.86. The van der Waals surface area contributed by atoms with E-state index in [4.69, 9.17) is 13.8 Å². The van der Waals surface area contributed by atoms with Gasteiger partial charge in [-0.1, -0.05) is 44.9 Å². The molecule has 9 nitrogen and oxygen atoms in total. The number of carbonyl (C=O) groups excluding carboxylic acids is 1. The van der Waals surface area contributed by atoms with E-state index in [0.29, 0.717) is 6.61 Å². The predicted octanol–water partition coefficient (Wildman–Crippen LogP) is 5.90. The molecule has 0 saturated heterocycles. The summed E-state index contributed by atoms with van der Waals surface area (Å²) in [6.07, 6.45) is 3.92. The lowest BCUT2D eigenvalue weighted by atomic mass is 9.99. The van der Waals surface area contributed by atoms with Crippen molar-refractivity contribution in [1.82, 2.24) is 5.09 Å². The number of non-ortho nitro benzene ring substituents is 1. The van der Waals surface area contributed by atoms with Gasteiger partial charge in [-0.25, -0.2) is 4.57 Å². The molecule has 0 saturated carbocycles. The molecule has 0 aromatic heterocycles. The first-order valence-electron chi connectivity index (χ1n) is 11.0. The molecule has 0 amide bonds. The standard InChI is InChI=1S/C23H31N2O7P/c1-4-9-19(10-5-2)17-30-23(26)18(3)24-33(29,31-21-11-7-6-8-12-21)32-22-15-13-20(14-16-22)25(27)28/h6-8,11-16,18-19H,4-5,9-10,17H2,1-3H3,(H,24,29)/t18-,33?/m0/s1. The molecule has 0 radical (unpaired) electrons. The first kappa shape index (κ1) is 26.4. The smallest absolute Gasteiger partial charge is 0.464 e. The molecule has 1 N–H and O–H groups in total. The van der Waals surface area contributed by atoms with Crippen LogP contribution in [0.3, 0.4) is 0 Å². The molecule has 0 spiro atoms. The van der Waals surface area contributed by atoms with E-state index >= 15 is 0 Å². The highest BCUT2D eigenvalue weighted by atomic mass is 31.2. The highest BCUT2D eigenvalue weighted by Gasteiger charge is 2.34. The minimum atomic E-state index is -4.11. The molecule has 0 aliphatic carbocycles. The number of hydrogen-bond donors (Lipinski definition) is 1. The average molecular weight is 478 g/mol. The SMILES string of the molecule is CCCC(CCC)COC(=O)[C@H](C)NP(=O)(Oc1ccccc1)Oc1ccc([N+](=O)[O-])cc1. The summed E-state index contributed by atoms with van der Waals surface area (Å²) in [5.74, 6) is 0.0527. The van der Waals surface area contributed by atoms with Crippen LogP contribution in [0, 0.1) is 16.0 Å². The molecule has 2 atom stereocenters. The number of rotatable bonds is 14. The lowest BCUT2D eigenvalue weighted by molar-refractivity contribution is -0.384. The van der Waals surface area contributed by atoms with Crippen LogP contribution in [0.1, 0.15) is 46.5 Å². The minimum Gasteiger partial charge on any atom is -0.464 e. The van der Waals surface area contributed by atoms with Crippen LogP contribution in [0.4, 0.5) is 5.69 Å². The second kappa shape index (κ2) is 13.0. The molecule has 2 aromatic carbocycles. The van der Waals surface area contributed by atoms with Crippen molar-refractivity contribution in [3.8, 4) is 11.5 Å². The first-order valence-corrected chi connectivity index (χ1v) is 12.5. The largest absolute Gasteiger partial charge is 0.513 e. The zero-order valence-corrected chi connectivity index (χ0v) is 20.0. The van der Waals surface area contributed by atoms with Crippen LogP contribution in [-0.2, 0) is 14.1 Å². The number of nitro groups is 1. The number of carbonyl (C=O) groups is 1. The molecule has 2 rings (SSSR count). The van der Waals surface area contributed by atoms with Gasteiger partial charge in [0.25, 0.3) is 5.69 Å². The molecule has 0 bridgehead atoms. The van der Waals surface area contributed by atoms with E-state index in [-0.39, 0.29) is 23.1 Å². The lowest BCUT2D eigenvalue weighted by Gasteiger charge is -2.23. The van der Waals surface area contributed by atoms with Gasteiger partial charge < -0.3 is 13.8 Å². The van der Waals surface area contributed by atoms with Crippen molar-refractivity contribution >= 4 is 19.4 Å². The summed E-state index contributed by atoms with van der Waals surface area (Å²) in [7, 11) is -4.11. The molecular formula is C23H31N2O7P. The maximum absolute atomic E-state index is 13.5. The molecule has 1 unspecified atom stereocenters. The van der Waals surface area contributed by atoms with Crippen LogP contribution >= 0.6 is 7.75 Å². The number of esters is 1. The molecule has 0 heterocycles. The van der Waals surface area contributed by atoms with E-state index in [1.165, 1.54) is 31.2 Å². The van der Waals surface area contributed by atoms with Crippen molar-refractivity contribution in [3.63, 3.8) is 0 Å². The normalized spacial score (nSPS) is 13.7. The van der Waals surface area contributed by atoms with E-state index in [9.17, 15) is 19.5 Å².